The number of aromatic nitrogens is 2. The third-order valence-electron chi connectivity index (χ3n) is 2.73. The van der Waals surface area contributed by atoms with Crippen LogP contribution in [0.4, 0.5) is 0 Å². The Bertz CT molecular complexity index is 300. The molecule has 0 amide bonds. The van der Waals surface area contributed by atoms with Gasteiger partial charge in [0.25, 0.3) is 0 Å². The highest BCUT2D eigenvalue weighted by atomic mass is 35.5. The van der Waals surface area contributed by atoms with Crippen LogP contribution < -0.4 is 0 Å². The summed E-state index contributed by atoms with van der Waals surface area (Å²) in [5.41, 5.74) is 2.31. The first-order chi connectivity index (χ1) is 7.08. The van der Waals surface area contributed by atoms with Gasteiger partial charge in [-0.2, -0.15) is 0 Å². The largest absolute Gasteiger partial charge is 0.236 e. The SMILES string of the molecule is CC(C)c1cc(C2CC2)nc(C(C)Cl)n1. The molecule has 1 heterocycles. The van der Waals surface area contributed by atoms with Crippen LogP contribution in [0.3, 0.4) is 0 Å². The molecule has 1 fully saturated rings. The minimum Gasteiger partial charge on any atom is -0.236 e. The zero-order chi connectivity index (χ0) is 11.0. The summed E-state index contributed by atoms with van der Waals surface area (Å²) in [6, 6.07) is 2.14. The first kappa shape index (κ1) is 10.9. The molecule has 0 spiro atoms. The van der Waals surface area contributed by atoms with Crippen LogP contribution in [0, 0.1) is 0 Å². The number of halogens is 1. The van der Waals surface area contributed by atoms with Crippen molar-refractivity contribution in [2.75, 3.05) is 0 Å². The highest BCUT2D eigenvalue weighted by Gasteiger charge is 2.26. The quantitative estimate of drug-likeness (QED) is 0.731. The predicted octanol–water partition coefficient (Wildman–Crippen LogP) is 3.78. The van der Waals surface area contributed by atoms with Crippen molar-refractivity contribution < 1.29 is 0 Å². The molecule has 1 saturated carbocycles. The van der Waals surface area contributed by atoms with E-state index in [1.54, 1.807) is 0 Å². The third kappa shape index (κ3) is 2.49. The van der Waals surface area contributed by atoms with E-state index in [2.05, 4.69) is 29.9 Å². The zero-order valence-corrected chi connectivity index (χ0v) is 10.3. The first-order valence-corrected chi connectivity index (χ1v) is 6.04. The lowest BCUT2D eigenvalue weighted by Crippen LogP contribution is -2.04. The summed E-state index contributed by atoms with van der Waals surface area (Å²) in [7, 11) is 0. The molecule has 0 saturated heterocycles. The standard InChI is InChI=1S/C12H17ClN2/c1-7(2)10-6-11(9-4-5-9)15-12(14-10)8(3)13/h6-9H,4-5H2,1-3H3. The Morgan fingerprint density at radius 1 is 1.27 bits per heavy atom. The van der Waals surface area contributed by atoms with E-state index in [0.29, 0.717) is 11.8 Å². The summed E-state index contributed by atoms with van der Waals surface area (Å²) in [5.74, 6) is 1.89. The molecule has 1 aromatic heterocycles. The number of hydrogen-bond donors (Lipinski definition) is 0. The summed E-state index contributed by atoms with van der Waals surface area (Å²) in [4.78, 5) is 9.03. The predicted molar refractivity (Wildman–Crippen MR) is 62.4 cm³/mol. The molecule has 2 rings (SSSR count). The second kappa shape index (κ2) is 4.09. The lowest BCUT2D eigenvalue weighted by molar-refractivity contribution is 0.763. The van der Waals surface area contributed by atoms with Crippen molar-refractivity contribution in [2.24, 2.45) is 0 Å². The Morgan fingerprint density at radius 2 is 1.93 bits per heavy atom. The fourth-order valence-electron chi connectivity index (χ4n) is 1.57. The maximum Gasteiger partial charge on any atom is 0.146 e. The van der Waals surface area contributed by atoms with Crippen molar-refractivity contribution in [3.8, 4) is 0 Å². The van der Waals surface area contributed by atoms with Crippen molar-refractivity contribution >= 4 is 11.6 Å². The van der Waals surface area contributed by atoms with E-state index in [1.165, 1.54) is 18.5 Å². The second-order valence-corrected chi connectivity index (χ2v) is 5.28. The summed E-state index contributed by atoms with van der Waals surface area (Å²) in [5, 5.41) is -0.0961. The van der Waals surface area contributed by atoms with Gasteiger partial charge in [0.15, 0.2) is 0 Å². The van der Waals surface area contributed by atoms with Gasteiger partial charge in [-0.25, -0.2) is 9.97 Å². The summed E-state index contributed by atoms with van der Waals surface area (Å²) in [6.45, 7) is 6.24. The first-order valence-electron chi connectivity index (χ1n) is 5.60. The van der Waals surface area contributed by atoms with Crippen LogP contribution in [0.15, 0.2) is 6.07 Å². The fourth-order valence-corrected chi connectivity index (χ4v) is 1.67. The van der Waals surface area contributed by atoms with Crippen molar-refractivity contribution in [3.05, 3.63) is 23.3 Å². The fraction of sp³-hybridized carbons (Fsp3) is 0.667. The zero-order valence-electron chi connectivity index (χ0n) is 9.50. The van der Waals surface area contributed by atoms with Gasteiger partial charge in [0, 0.05) is 17.3 Å². The molecule has 1 atom stereocenters. The average Bonchev–Trinajstić information content (AvgIpc) is 3.00. The van der Waals surface area contributed by atoms with Crippen LogP contribution in [-0.4, -0.2) is 9.97 Å². The Morgan fingerprint density at radius 3 is 2.40 bits per heavy atom. The van der Waals surface area contributed by atoms with Crippen LogP contribution in [0.2, 0.25) is 0 Å². The Hall–Kier alpha value is -0.630. The molecular weight excluding hydrogens is 208 g/mol. The van der Waals surface area contributed by atoms with Crippen LogP contribution in [-0.2, 0) is 0 Å². The van der Waals surface area contributed by atoms with Gasteiger partial charge in [-0.15, -0.1) is 11.6 Å². The van der Waals surface area contributed by atoms with Gasteiger partial charge in [-0.3, -0.25) is 0 Å². The Labute approximate surface area is 96.1 Å². The molecular formula is C12H17ClN2. The van der Waals surface area contributed by atoms with Crippen LogP contribution >= 0.6 is 11.6 Å². The molecule has 1 aromatic rings. The molecule has 82 valence electrons. The number of alkyl halides is 1. The van der Waals surface area contributed by atoms with Crippen molar-refractivity contribution in [1.82, 2.24) is 9.97 Å². The van der Waals surface area contributed by atoms with Crippen molar-refractivity contribution in [3.63, 3.8) is 0 Å². The van der Waals surface area contributed by atoms with E-state index in [0.717, 1.165) is 11.5 Å². The second-order valence-electron chi connectivity index (χ2n) is 4.62. The highest BCUT2D eigenvalue weighted by Crippen LogP contribution is 2.40. The van der Waals surface area contributed by atoms with Gasteiger partial charge in [-0.05, 0) is 31.7 Å². The average molecular weight is 225 g/mol. The summed E-state index contributed by atoms with van der Waals surface area (Å²) >= 11 is 6.05. The smallest absolute Gasteiger partial charge is 0.146 e. The molecule has 1 unspecified atom stereocenters. The van der Waals surface area contributed by atoms with Gasteiger partial charge in [0.2, 0.25) is 0 Å². The molecule has 0 aromatic carbocycles. The molecule has 1 aliphatic carbocycles. The van der Waals surface area contributed by atoms with Crippen LogP contribution in [0.5, 0.6) is 0 Å². The minimum atomic E-state index is -0.0961. The van der Waals surface area contributed by atoms with Gasteiger partial charge < -0.3 is 0 Å². The van der Waals surface area contributed by atoms with Crippen molar-refractivity contribution in [2.45, 2.75) is 50.8 Å². The Kier molecular flexibility index (Phi) is 2.96. The molecule has 1 aliphatic rings. The topological polar surface area (TPSA) is 25.8 Å². The van der Waals surface area contributed by atoms with E-state index in [9.17, 15) is 0 Å². The lowest BCUT2D eigenvalue weighted by atomic mass is 10.1. The van der Waals surface area contributed by atoms with Gasteiger partial charge in [-0.1, -0.05) is 13.8 Å². The molecule has 0 aliphatic heterocycles. The summed E-state index contributed by atoms with van der Waals surface area (Å²) in [6.07, 6.45) is 2.54. The van der Waals surface area contributed by atoms with Crippen LogP contribution in [0.1, 0.15) is 68.0 Å². The normalized spacial score (nSPS) is 18.2. The van der Waals surface area contributed by atoms with Gasteiger partial charge >= 0.3 is 0 Å². The van der Waals surface area contributed by atoms with E-state index in [4.69, 9.17) is 11.6 Å². The highest BCUT2D eigenvalue weighted by molar-refractivity contribution is 6.20. The third-order valence-corrected chi connectivity index (χ3v) is 2.92. The molecule has 0 radical (unpaired) electrons. The monoisotopic (exact) mass is 224 g/mol. The van der Waals surface area contributed by atoms with Crippen molar-refractivity contribution in [1.29, 1.82) is 0 Å². The van der Waals surface area contributed by atoms with E-state index >= 15 is 0 Å². The maximum atomic E-state index is 6.05. The van der Waals surface area contributed by atoms with E-state index in [-0.39, 0.29) is 5.38 Å². The number of nitrogens with zero attached hydrogens (tertiary/aromatic N) is 2. The number of hydrogen-bond acceptors (Lipinski definition) is 2. The molecule has 2 nitrogen and oxygen atoms in total. The summed E-state index contributed by atoms with van der Waals surface area (Å²) < 4.78 is 0. The molecule has 15 heavy (non-hydrogen) atoms. The van der Waals surface area contributed by atoms with E-state index in [1.807, 2.05) is 6.92 Å². The molecule has 0 N–H and O–H groups in total. The maximum absolute atomic E-state index is 6.05. The minimum absolute atomic E-state index is 0.0961. The number of rotatable bonds is 3. The molecule has 3 heteroatoms. The van der Waals surface area contributed by atoms with Gasteiger partial charge in [0.1, 0.15) is 5.82 Å². The van der Waals surface area contributed by atoms with E-state index < -0.39 is 0 Å². The van der Waals surface area contributed by atoms with Crippen LogP contribution in [0.25, 0.3) is 0 Å². The lowest BCUT2D eigenvalue weighted by Gasteiger charge is -2.10. The Balaban J connectivity index is 2.39. The van der Waals surface area contributed by atoms with Gasteiger partial charge in [0.05, 0.1) is 5.38 Å². The molecule has 0 bridgehead atoms.